The number of benzene rings is 2. The molecule has 0 bridgehead atoms. The first-order chi connectivity index (χ1) is 12.5. The lowest BCUT2D eigenvalue weighted by molar-refractivity contribution is -0.138. The normalized spacial score (nSPS) is 14.2. The Labute approximate surface area is 151 Å². The molecule has 0 aliphatic carbocycles. The topological polar surface area (TPSA) is 76.1 Å². The molecule has 2 aromatic carbocycles. The quantitative estimate of drug-likeness (QED) is 0.837. The number of methoxy groups -OCH3 is 2. The van der Waals surface area contributed by atoms with Crippen LogP contribution in [0.3, 0.4) is 0 Å². The van der Waals surface area contributed by atoms with Crippen molar-refractivity contribution in [2.24, 2.45) is 0 Å². The second-order valence-electron chi connectivity index (χ2n) is 5.98. The minimum Gasteiger partial charge on any atom is -0.502 e. The van der Waals surface area contributed by atoms with Crippen LogP contribution in [0.1, 0.15) is 16.7 Å². The number of hydrogen-bond donors (Lipinski definition) is 1. The summed E-state index contributed by atoms with van der Waals surface area (Å²) in [5.41, 5.74) is 2.24. The molecule has 6 nitrogen and oxygen atoms in total. The van der Waals surface area contributed by atoms with Gasteiger partial charge < -0.3 is 14.6 Å². The molecule has 0 aromatic heterocycles. The molecule has 0 spiro atoms. The minimum atomic E-state index is -0.708. The Morgan fingerprint density at radius 3 is 2.19 bits per heavy atom. The lowest BCUT2D eigenvalue weighted by Gasteiger charge is -2.16. The predicted molar refractivity (Wildman–Crippen MR) is 95.8 cm³/mol. The fraction of sp³-hybridized carbons (Fsp3) is 0.200. The number of carbonyl (C=O) groups is 2. The van der Waals surface area contributed by atoms with E-state index in [1.807, 2.05) is 19.1 Å². The third-order valence-electron chi connectivity index (χ3n) is 4.27. The molecule has 2 aromatic rings. The number of aliphatic hydroxyl groups excluding tert-OH is 1. The zero-order valence-corrected chi connectivity index (χ0v) is 14.8. The standard InChI is InChI=1S/C20H19NO5/c1-12-4-7-14(8-5-12)17-18(22)20(24)21(19(17)23)11-13-6-9-15(25-2)16(10-13)26-3/h4-10,22H,11H2,1-3H3. The zero-order chi connectivity index (χ0) is 18.8. The van der Waals surface area contributed by atoms with Crippen LogP contribution in [0, 0.1) is 6.92 Å². The molecule has 0 fully saturated rings. The average molecular weight is 353 g/mol. The molecule has 6 heteroatoms. The van der Waals surface area contributed by atoms with E-state index in [1.54, 1.807) is 30.3 Å². The van der Waals surface area contributed by atoms with E-state index in [2.05, 4.69) is 0 Å². The predicted octanol–water partition coefficient (Wildman–Crippen LogP) is 2.85. The summed E-state index contributed by atoms with van der Waals surface area (Å²) in [4.78, 5) is 26.1. The summed E-state index contributed by atoms with van der Waals surface area (Å²) < 4.78 is 10.4. The molecular weight excluding hydrogens is 334 g/mol. The van der Waals surface area contributed by atoms with Gasteiger partial charge in [-0.3, -0.25) is 14.5 Å². The Hall–Kier alpha value is -3.28. The smallest absolute Gasteiger partial charge is 0.296 e. The Balaban J connectivity index is 1.88. The number of ether oxygens (including phenoxy) is 2. The summed E-state index contributed by atoms with van der Waals surface area (Å²) >= 11 is 0. The third kappa shape index (κ3) is 3.01. The van der Waals surface area contributed by atoms with Gasteiger partial charge in [-0.25, -0.2) is 0 Å². The van der Waals surface area contributed by atoms with Gasteiger partial charge in [0.1, 0.15) is 0 Å². The van der Waals surface area contributed by atoms with E-state index in [1.165, 1.54) is 14.2 Å². The monoisotopic (exact) mass is 353 g/mol. The van der Waals surface area contributed by atoms with Crippen molar-refractivity contribution in [3.05, 3.63) is 64.9 Å². The van der Waals surface area contributed by atoms with Crippen LogP contribution in [0.25, 0.3) is 5.57 Å². The fourth-order valence-corrected chi connectivity index (χ4v) is 2.85. The van der Waals surface area contributed by atoms with Crippen LogP contribution in [0.15, 0.2) is 48.2 Å². The van der Waals surface area contributed by atoms with E-state index in [-0.39, 0.29) is 12.1 Å². The van der Waals surface area contributed by atoms with Crippen molar-refractivity contribution >= 4 is 17.4 Å². The number of aliphatic hydroxyl groups is 1. The molecule has 26 heavy (non-hydrogen) atoms. The maximum atomic E-state index is 12.7. The van der Waals surface area contributed by atoms with Crippen molar-refractivity contribution < 1.29 is 24.2 Å². The van der Waals surface area contributed by atoms with Crippen LogP contribution >= 0.6 is 0 Å². The van der Waals surface area contributed by atoms with Crippen molar-refractivity contribution in [2.45, 2.75) is 13.5 Å². The number of imide groups is 1. The first-order valence-corrected chi connectivity index (χ1v) is 8.03. The van der Waals surface area contributed by atoms with Crippen molar-refractivity contribution in [3.8, 4) is 11.5 Å². The number of aryl methyl sites for hydroxylation is 1. The van der Waals surface area contributed by atoms with E-state index < -0.39 is 17.6 Å². The molecule has 1 heterocycles. The first-order valence-electron chi connectivity index (χ1n) is 8.03. The highest BCUT2D eigenvalue weighted by Gasteiger charge is 2.39. The van der Waals surface area contributed by atoms with E-state index in [4.69, 9.17) is 9.47 Å². The molecule has 0 atom stereocenters. The number of hydrogen-bond acceptors (Lipinski definition) is 5. The summed E-state index contributed by atoms with van der Waals surface area (Å²) in [5.74, 6) is -0.706. The molecular formula is C20H19NO5. The van der Waals surface area contributed by atoms with Crippen LogP contribution in [-0.2, 0) is 16.1 Å². The van der Waals surface area contributed by atoms with Gasteiger partial charge in [0, 0.05) is 0 Å². The fourth-order valence-electron chi connectivity index (χ4n) is 2.85. The van der Waals surface area contributed by atoms with Gasteiger partial charge in [0.15, 0.2) is 17.3 Å². The maximum Gasteiger partial charge on any atom is 0.296 e. The van der Waals surface area contributed by atoms with Gasteiger partial charge in [0.2, 0.25) is 0 Å². The second kappa shape index (κ2) is 6.92. The molecule has 0 saturated carbocycles. The van der Waals surface area contributed by atoms with Gasteiger partial charge in [-0.2, -0.15) is 0 Å². The van der Waals surface area contributed by atoms with Gasteiger partial charge in [0.05, 0.1) is 26.3 Å². The summed E-state index contributed by atoms with van der Waals surface area (Å²) in [6, 6.07) is 12.2. The van der Waals surface area contributed by atoms with Crippen molar-refractivity contribution in [1.29, 1.82) is 0 Å². The molecule has 134 valence electrons. The summed E-state index contributed by atoms with van der Waals surface area (Å²) in [6.45, 7) is 1.94. The molecule has 0 unspecified atom stereocenters. The largest absolute Gasteiger partial charge is 0.502 e. The molecule has 0 saturated heterocycles. The van der Waals surface area contributed by atoms with Crippen LogP contribution in [0.2, 0.25) is 0 Å². The Morgan fingerprint density at radius 2 is 1.58 bits per heavy atom. The molecule has 1 N–H and O–H groups in total. The van der Waals surface area contributed by atoms with Crippen molar-refractivity contribution in [1.82, 2.24) is 4.90 Å². The van der Waals surface area contributed by atoms with Crippen molar-refractivity contribution in [2.75, 3.05) is 14.2 Å². The van der Waals surface area contributed by atoms with Gasteiger partial charge in [-0.15, -0.1) is 0 Å². The van der Waals surface area contributed by atoms with Crippen LogP contribution in [0.5, 0.6) is 11.5 Å². The highest BCUT2D eigenvalue weighted by atomic mass is 16.5. The second-order valence-corrected chi connectivity index (χ2v) is 5.98. The number of carbonyl (C=O) groups excluding carboxylic acids is 2. The molecule has 1 aliphatic heterocycles. The van der Waals surface area contributed by atoms with E-state index >= 15 is 0 Å². The number of nitrogens with zero attached hydrogens (tertiary/aromatic N) is 1. The molecule has 3 rings (SSSR count). The Bertz CT molecular complexity index is 899. The first kappa shape index (κ1) is 17.5. The molecule has 2 amide bonds. The van der Waals surface area contributed by atoms with Crippen LogP contribution in [0.4, 0.5) is 0 Å². The highest BCUT2D eigenvalue weighted by Crippen LogP contribution is 2.32. The SMILES string of the molecule is COc1ccc(CN2C(=O)C(O)=C(c3ccc(C)cc3)C2=O)cc1OC. The third-order valence-corrected chi connectivity index (χ3v) is 4.27. The van der Waals surface area contributed by atoms with Gasteiger partial charge >= 0.3 is 0 Å². The summed E-state index contributed by atoms with van der Waals surface area (Å²) in [6.07, 6.45) is 0. The summed E-state index contributed by atoms with van der Waals surface area (Å²) in [7, 11) is 3.04. The van der Waals surface area contributed by atoms with Gasteiger partial charge in [0.25, 0.3) is 11.8 Å². The number of rotatable bonds is 5. The van der Waals surface area contributed by atoms with Crippen LogP contribution < -0.4 is 9.47 Å². The molecule has 0 radical (unpaired) electrons. The van der Waals surface area contributed by atoms with Gasteiger partial charge in [-0.05, 0) is 30.2 Å². The highest BCUT2D eigenvalue weighted by molar-refractivity contribution is 6.34. The lowest BCUT2D eigenvalue weighted by Crippen LogP contribution is -2.31. The minimum absolute atomic E-state index is 0.0236. The van der Waals surface area contributed by atoms with E-state index in [9.17, 15) is 14.7 Å². The van der Waals surface area contributed by atoms with E-state index in [0.717, 1.165) is 10.5 Å². The Kier molecular flexibility index (Phi) is 4.67. The summed E-state index contributed by atoms with van der Waals surface area (Å²) in [5, 5.41) is 10.2. The zero-order valence-electron chi connectivity index (χ0n) is 14.8. The lowest BCUT2D eigenvalue weighted by atomic mass is 10.0. The Morgan fingerprint density at radius 1 is 0.923 bits per heavy atom. The van der Waals surface area contributed by atoms with Gasteiger partial charge in [-0.1, -0.05) is 35.9 Å². The average Bonchev–Trinajstić information content (AvgIpc) is 2.86. The maximum absolute atomic E-state index is 12.7. The van der Waals surface area contributed by atoms with E-state index in [0.29, 0.717) is 22.6 Å². The number of amides is 2. The van der Waals surface area contributed by atoms with Crippen molar-refractivity contribution in [3.63, 3.8) is 0 Å². The van der Waals surface area contributed by atoms with Crippen LogP contribution in [-0.4, -0.2) is 36.0 Å². The molecule has 1 aliphatic rings.